The zero-order valence-electron chi connectivity index (χ0n) is 18.9. The van der Waals surface area contributed by atoms with Gasteiger partial charge in [0.1, 0.15) is 5.01 Å². The van der Waals surface area contributed by atoms with Gasteiger partial charge in [-0.3, -0.25) is 9.59 Å². The number of methoxy groups -OCH3 is 1. The second-order valence-corrected chi connectivity index (χ2v) is 10.3. The highest BCUT2D eigenvalue weighted by Crippen LogP contribution is 2.34. The number of anilines is 1. The van der Waals surface area contributed by atoms with Crippen molar-refractivity contribution in [1.29, 1.82) is 0 Å². The third kappa shape index (κ3) is 4.61. The van der Waals surface area contributed by atoms with Crippen LogP contribution in [-0.2, 0) is 22.5 Å². The Kier molecular flexibility index (Phi) is 6.55. The first-order valence-electron chi connectivity index (χ1n) is 10.8. The normalized spacial score (nSPS) is 14.2. The molecule has 1 unspecified atom stereocenters. The smallest absolute Gasteiger partial charge is 0.337 e. The van der Waals surface area contributed by atoms with Crippen LogP contribution in [0.2, 0.25) is 0 Å². The first-order chi connectivity index (χ1) is 17.4. The summed E-state index contributed by atoms with van der Waals surface area (Å²) in [6.07, 6.45) is 1.69. The molecule has 10 heteroatoms. The molecule has 1 aromatic heterocycles. The lowest BCUT2D eigenvalue weighted by atomic mass is 10.1. The molecule has 0 aliphatic carbocycles. The molecule has 36 heavy (non-hydrogen) atoms. The van der Waals surface area contributed by atoms with E-state index >= 15 is 0 Å². The van der Waals surface area contributed by atoms with Crippen molar-refractivity contribution in [3.8, 4) is 10.6 Å². The summed E-state index contributed by atoms with van der Waals surface area (Å²) in [4.78, 5) is 43.2. The summed E-state index contributed by atoms with van der Waals surface area (Å²) < 4.78 is 17.8. The van der Waals surface area contributed by atoms with Crippen molar-refractivity contribution < 1.29 is 23.7 Å². The maximum Gasteiger partial charge on any atom is 0.337 e. The highest BCUT2D eigenvalue weighted by molar-refractivity contribution is 7.91. The largest absolute Gasteiger partial charge is 0.606 e. The molecule has 0 fully saturated rings. The van der Waals surface area contributed by atoms with Crippen LogP contribution in [-0.4, -0.2) is 34.4 Å². The number of fused-ring (bicyclic) bond motifs is 2. The molecule has 4 aromatic rings. The van der Waals surface area contributed by atoms with Crippen LogP contribution in [0.15, 0.2) is 82.7 Å². The highest BCUT2D eigenvalue weighted by atomic mass is 32.2. The molecule has 0 bridgehead atoms. The quantitative estimate of drug-likeness (QED) is 0.302. The minimum Gasteiger partial charge on any atom is -0.606 e. The minimum absolute atomic E-state index is 0.261. The Bertz CT molecular complexity index is 1480. The number of nitrogens with one attached hydrogen (secondary N) is 2. The van der Waals surface area contributed by atoms with Gasteiger partial charge in [-0.15, -0.1) is 11.3 Å². The number of aromatic nitrogens is 1. The Morgan fingerprint density at radius 1 is 1.06 bits per heavy atom. The fraction of sp³-hybridized carbons (Fsp3) is 0.0769. The molecule has 2 N–H and O–H groups in total. The summed E-state index contributed by atoms with van der Waals surface area (Å²) in [5.41, 5.74) is 2.33. The van der Waals surface area contributed by atoms with E-state index in [4.69, 9.17) is 4.74 Å². The molecule has 8 nitrogen and oxygen atoms in total. The van der Waals surface area contributed by atoms with E-state index in [1.807, 2.05) is 0 Å². The zero-order valence-corrected chi connectivity index (χ0v) is 20.6. The number of thiazole rings is 1. The maximum absolute atomic E-state index is 13.0. The topological polar surface area (TPSA) is 120 Å². The molecule has 180 valence electrons. The Morgan fingerprint density at radius 3 is 2.58 bits per heavy atom. The Balaban J connectivity index is 1.28. The number of amides is 2. The number of esters is 1. The molecule has 0 saturated heterocycles. The first-order valence-corrected chi connectivity index (χ1v) is 12.8. The van der Waals surface area contributed by atoms with Crippen LogP contribution in [0.1, 0.15) is 36.0 Å². The number of hydrogen-bond donors (Lipinski definition) is 2. The Labute approximate surface area is 213 Å². The number of ether oxygens (including phenoxy) is 1. The number of benzene rings is 3. The zero-order chi connectivity index (χ0) is 25.2. The predicted molar refractivity (Wildman–Crippen MR) is 136 cm³/mol. The summed E-state index contributed by atoms with van der Waals surface area (Å²) in [5.74, 6) is -1.11. The van der Waals surface area contributed by atoms with Crippen LogP contribution >= 0.6 is 11.3 Å². The highest BCUT2D eigenvalue weighted by Gasteiger charge is 2.30. The summed E-state index contributed by atoms with van der Waals surface area (Å²) in [7, 11) is 1.33. The van der Waals surface area contributed by atoms with Gasteiger partial charge in [0.2, 0.25) is 0 Å². The van der Waals surface area contributed by atoms with Crippen molar-refractivity contribution in [3.05, 3.63) is 94.5 Å². The van der Waals surface area contributed by atoms with E-state index in [0.29, 0.717) is 32.2 Å². The third-order valence-electron chi connectivity index (χ3n) is 5.55. The van der Waals surface area contributed by atoms with E-state index in [1.54, 1.807) is 66.9 Å². The summed E-state index contributed by atoms with van der Waals surface area (Å²) >= 11 is -0.128. The monoisotopic (exact) mass is 517 g/mol. The molecule has 0 spiro atoms. The van der Waals surface area contributed by atoms with Crippen molar-refractivity contribution >= 4 is 46.0 Å². The Hall–Kier alpha value is -3.99. The van der Waals surface area contributed by atoms with Crippen molar-refractivity contribution in [3.63, 3.8) is 0 Å². The van der Waals surface area contributed by atoms with Gasteiger partial charge >= 0.3 is 5.97 Å². The predicted octanol–water partition coefficient (Wildman–Crippen LogP) is 4.26. The number of rotatable bonds is 5. The second-order valence-electron chi connectivity index (χ2n) is 7.81. The summed E-state index contributed by atoms with van der Waals surface area (Å²) in [5, 5.41) is 6.38. The fourth-order valence-electron chi connectivity index (χ4n) is 3.71. The third-order valence-corrected chi connectivity index (χ3v) is 8.11. The molecule has 3 aromatic carbocycles. The van der Waals surface area contributed by atoms with Gasteiger partial charge < -0.3 is 19.9 Å². The molecule has 2 amide bonds. The number of carbonyl (C=O) groups is 3. The van der Waals surface area contributed by atoms with Gasteiger partial charge in [-0.25, -0.2) is 9.78 Å². The molecular formula is C26H19N3O5S2. The van der Waals surface area contributed by atoms with Gasteiger partial charge in [-0.1, -0.05) is 24.3 Å². The number of hydrogen-bond acceptors (Lipinski definition) is 7. The van der Waals surface area contributed by atoms with Crippen molar-refractivity contribution in [2.24, 2.45) is 0 Å². The first kappa shape index (κ1) is 23.7. The molecule has 2 heterocycles. The maximum atomic E-state index is 13.0. The molecule has 1 atom stereocenters. The van der Waals surface area contributed by atoms with E-state index in [9.17, 15) is 18.9 Å². The van der Waals surface area contributed by atoms with Crippen LogP contribution < -0.4 is 10.6 Å². The van der Waals surface area contributed by atoms with Gasteiger partial charge in [-0.2, -0.15) is 0 Å². The molecule has 5 rings (SSSR count). The molecule has 1 aliphatic rings. The van der Waals surface area contributed by atoms with Gasteiger partial charge in [-0.05, 0) is 42.5 Å². The van der Waals surface area contributed by atoms with E-state index in [2.05, 4.69) is 15.6 Å². The van der Waals surface area contributed by atoms with Gasteiger partial charge in [0.25, 0.3) is 11.8 Å². The van der Waals surface area contributed by atoms with Gasteiger partial charge in [0.15, 0.2) is 9.79 Å². The van der Waals surface area contributed by atoms with Gasteiger partial charge in [0, 0.05) is 33.4 Å². The molecular weight excluding hydrogens is 498 g/mol. The second kappa shape index (κ2) is 9.94. The fourth-order valence-corrected chi connectivity index (χ4v) is 5.87. The molecule has 1 aliphatic heterocycles. The Morgan fingerprint density at radius 2 is 1.81 bits per heavy atom. The lowest BCUT2D eigenvalue weighted by Gasteiger charge is -2.12. The van der Waals surface area contributed by atoms with Crippen molar-refractivity contribution in [2.45, 2.75) is 16.3 Å². The lowest BCUT2D eigenvalue weighted by Crippen LogP contribution is -2.22. The van der Waals surface area contributed by atoms with Crippen molar-refractivity contribution in [1.82, 2.24) is 10.3 Å². The van der Waals surface area contributed by atoms with Gasteiger partial charge in [0.05, 0.1) is 30.5 Å². The minimum atomic E-state index is -1.55. The van der Waals surface area contributed by atoms with Crippen LogP contribution in [0.5, 0.6) is 0 Å². The summed E-state index contributed by atoms with van der Waals surface area (Å²) in [6, 6.07) is 18.4. The van der Waals surface area contributed by atoms with E-state index in [0.717, 1.165) is 15.4 Å². The van der Waals surface area contributed by atoms with E-state index in [1.165, 1.54) is 24.5 Å². The number of carbonyl (C=O) groups excluding carboxylic acids is 3. The molecule has 0 saturated carbocycles. The average Bonchev–Trinajstić information content (AvgIpc) is 3.36. The SMILES string of the molecule is COC(=O)c1ccc(-c2ncc(CNC(=O)c3ccc4c(c3)NC(=O)c3ccccc3[S+]4[O-])s2)cc1. The van der Waals surface area contributed by atoms with Crippen LogP contribution in [0.3, 0.4) is 0 Å². The van der Waals surface area contributed by atoms with Crippen LogP contribution in [0, 0.1) is 0 Å². The van der Waals surface area contributed by atoms with Crippen LogP contribution in [0.4, 0.5) is 5.69 Å². The van der Waals surface area contributed by atoms with E-state index < -0.39 is 17.1 Å². The van der Waals surface area contributed by atoms with Crippen LogP contribution in [0.25, 0.3) is 10.6 Å². The lowest BCUT2D eigenvalue weighted by molar-refractivity contribution is 0.0600. The standard InChI is InChI=1S/C26H19N3O5S2/c1-34-26(32)16-8-6-15(7-9-16)25-28-14-18(35-25)13-27-23(30)17-10-11-22-20(12-17)29-24(31)19-4-2-3-5-21(19)36(22)33/h2-12,14H,13H2,1H3,(H,27,30)(H,29,31). The van der Waals surface area contributed by atoms with Crippen molar-refractivity contribution in [2.75, 3.05) is 12.4 Å². The summed E-state index contributed by atoms with van der Waals surface area (Å²) in [6.45, 7) is 0.261. The average molecular weight is 518 g/mol. The molecule has 0 radical (unpaired) electrons. The van der Waals surface area contributed by atoms with E-state index in [-0.39, 0.29) is 18.4 Å². The number of nitrogens with zero attached hydrogens (tertiary/aromatic N) is 1.